The van der Waals surface area contributed by atoms with Crippen LogP contribution in [0.15, 0.2) is 78.9 Å². The molecule has 3 aromatic carbocycles. The lowest BCUT2D eigenvalue weighted by Gasteiger charge is -2.24. The molecule has 29 heavy (non-hydrogen) atoms. The first-order valence-electron chi connectivity index (χ1n) is 9.20. The van der Waals surface area contributed by atoms with Crippen molar-refractivity contribution in [3.63, 3.8) is 0 Å². The van der Waals surface area contributed by atoms with Gasteiger partial charge in [0, 0.05) is 16.9 Å². The van der Waals surface area contributed by atoms with E-state index in [1.165, 1.54) is 0 Å². The summed E-state index contributed by atoms with van der Waals surface area (Å²) >= 11 is 1.60. The van der Waals surface area contributed by atoms with Gasteiger partial charge in [0.15, 0.2) is 0 Å². The maximum atomic E-state index is 12.5. The highest BCUT2D eigenvalue weighted by molar-refractivity contribution is 8.00. The zero-order valence-electron chi connectivity index (χ0n) is 15.9. The predicted molar refractivity (Wildman–Crippen MR) is 117 cm³/mol. The van der Waals surface area contributed by atoms with Crippen LogP contribution in [0.5, 0.6) is 5.75 Å². The van der Waals surface area contributed by atoms with Crippen LogP contribution < -0.4 is 15.0 Å². The zero-order chi connectivity index (χ0) is 20.2. The number of nitrogens with zero attached hydrogens (tertiary/aromatic N) is 1. The van der Waals surface area contributed by atoms with Crippen molar-refractivity contribution in [1.82, 2.24) is 0 Å². The number of thioether (sulfide) groups is 1. The Bertz CT molecular complexity index is 1020. The largest absolute Gasteiger partial charge is 0.497 e. The molecule has 2 amide bonds. The molecule has 1 heterocycles. The first-order chi connectivity index (χ1) is 14.2. The van der Waals surface area contributed by atoms with Gasteiger partial charge in [0.05, 0.1) is 12.9 Å². The van der Waals surface area contributed by atoms with E-state index in [0.717, 1.165) is 11.3 Å². The van der Waals surface area contributed by atoms with Crippen LogP contribution in [0.25, 0.3) is 0 Å². The third kappa shape index (κ3) is 4.12. The van der Waals surface area contributed by atoms with Gasteiger partial charge in [-0.25, -0.2) is 0 Å². The lowest BCUT2D eigenvalue weighted by molar-refractivity contribution is -0.115. The molecule has 6 heteroatoms. The number of carbonyl (C=O) groups excluding carboxylic acids is 2. The van der Waals surface area contributed by atoms with Crippen LogP contribution in [0.4, 0.5) is 11.4 Å². The lowest BCUT2D eigenvalue weighted by atomic mass is 10.1. The number of benzene rings is 3. The number of ether oxygens (including phenoxy) is 1. The fourth-order valence-corrected chi connectivity index (χ4v) is 4.41. The molecule has 146 valence electrons. The quantitative estimate of drug-likeness (QED) is 0.668. The highest BCUT2D eigenvalue weighted by Gasteiger charge is 2.33. The Kier molecular flexibility index (Phi) is 5.53. The Morgan fingerprint density at radius 2 is 1.79 bits per heavy atom. The van der Waals surface area contributed by atoms with Crippen LogP contribution in [-0.4, -0.2) is 24.7 Å². The van der Waals surface area contributed by atoms with Crippen molar-refractivity contribution in [2.45, 2.75) is 5.37 Å². The van der Waals surface area contributed by atoms with E-state index in [9.17, 15) is 9.59 Å². The Morgan fingerprint density at radius 1 is 1.03 bits per heavy atom. The van der Waals surface area contributed by atoms with Crippen LogP contribution in [0, 0.1) is 0 Å². The summed E-state index contributed by atoms with van der Waals surface area (Å²) in [5.74, 6) is 0.986. The number of para-hydroxylation sites is 1. The number of nitrogens with one attached hydrogen (secondary N) is 1. The molecule has 0 saturated carbocycles. The van der Waals surface area contributed by atoms with Gasteiger partial charge in [-0.05, 0) is 48.0 Å². The van der Waals surface area contributed by atoms with Crippen molar-refractivity contribution < 1.29 is 14.3 Å². The highest BCUT2D eigenvalue weighted by atomic mass is 32.2. The maximum absolute atomic E-state index is 12.5. The van der Waals surface area contributed by atoms with E-state index in [2.05, 4.69) is 5.32 Å². The van der Waals surface area contributed by atoms with Gasteiger partial charge in [0.25, 0.3) is 5.91 Å². The molecule has 0 spiro atoms. The molecule has 0 aliphatic carbocycles. The molecule has 1 fully saturated rings. The molecule has 1 saturated heterocycles. The molecule has 0 bridgehead atoms. The number of hydrogen-bond acceptors (Lipinski definition) is 4. The van der Waals surface area contributed by atoms with Gasteiger partial charge in [-0.15, -0.1) is 11.8 Å². The molecule has 1 N–H and O–H groups in total. The van der Waals surface area contributed by atoms with E-state index in [1.807, 2.05) is 59.5 Å². The second kappa shape index (κ2) is 8.41. The number of hydrogen-bond donors (Lipinski definition) is 1. The molecular formula is C23H20N2O3S. The Morgan fingerprint density at radius 3 is 2.52 bits per heavy atom. The Hall–Kier alpha value is -3.25. The molecule has 5 nitrogen and oxygen atoms in total. The first-order valence-corrected chi connectivity index (χ1v) is 10.2. The summed E-state index contributed by atoms with van der Waals surface area (Å²) in [7, 11) is 1.57. The average molecular weight is 404 g/mol. The van der Waals surface area contributed by atoms with Crippen LogP contribution in [0.2, 0.25) is 0 Å². The number of rotatable bonds is 5. The SMILES string of the molecule is COc1cccc(C(=O)Nc2ccc(C3SCC(=O)N3c3ccccc3)cc2)c1. The second-order valence-corrected chi connectivity index (χ2v) is 7.64. The fourth-order valence-electron chi connectivity index (χ4n) is 3.24. The predicted octanol–water partition coefficient (Wildman–Crippen LogP) is 4.73. The van der Waals surface area contributed by atoms with Gasteiger partial charge >= 0.3 is 0 Å². The van der Waals surface area contributed by atoms with Crippen molar-refractivity contribution >= 4 is 35.0 Å². The molecule has 0 radical (unpaired) electrons. The van der Waals surface area contributed by atoms with Gasteiger partial charge < -0.3 is 10.1 Å². The molecule has 1 aliphatic heterocycles. The minimum absolute atomic E-state index is 0.0759. The minimum atomic E-state index is -0.201. The molecule has 1 unspecified atom stereocenters. The molecule has 1 aliphatic rings. The number of anilines is 2. The van der Waals surface area contributed by atoms with E-state index in [0.29, 0.717) is 22.8 Å². The first kappa shape index (κ1) is 19.1. The molecule has 3 aromatic rings. The minimum Gasteiger partial charge on any atom is -0.497 e. The summed E-state index contributed by atoms with van der Waals surface area (Å²) < 4.78 is 5.17. The third-order valence-corrected chi connectivity index (χ3v) is 5.90. The molecule has 1 atom stereocenters. The standard InChI is InChI=1S/C23H20N2O3S/c1-28-20-9-5-6-17(14-20)22(27)24-18-12-10-16(11-13-18)23-25(21(26)15-29-23)19-7-3-2-4-8-19/h2-14,23H,15H2,1H3,(H,24,27). The van der Waals surface area contributed by atoms with E-state index < -0.39 is 0 Å². The van der Waals surface area contributed by atoms with E-state index in [1.54, 1.807) is 43.1 Å². The van der Waals surface area contributed by atoms with Crippen LogP contribution in [0.1, 0.15) is 21.3 Å². The van der Waals surface area contributed by atoms with Gasteiger partial charge in [-0.1, -0.05) is 36.4 Å². The Balaban J connectivity index is 1.50. The van der Waals surface area contributed by atoms with Gasteiger partial charge in [0.2, 0.25) is 5.91 Å². The molecule has 4 rings (SSSR count). The second-order valence-electron chi connectivity index (χ2n) is 6.57. The summed E-state index contributed by atoms with van der Waals surface area (Å²) in [6, 6.07) is 24.3. The van der Waals surface area contributed by atoms with Gasteiger partial charge in [-0.2, -0.15) is 0 Å². The summed E-state index contributed by atoms with van der Waals surface area (Å²) in [6.07, 6.45) is 0. The van der Waals surface area contributed by atoms with E-state index in [4.69, 9.17) is 4.74 Å². The normalized spacial score (nSPS) is 16.0. The third-order valence-electron chi connectivity index (χ3n) is 4.69. The smallest absolute Gasteiger partial charge is 0.255 e. The van der Waals surface area contributed by atoms with Crippen LogP contribution in [0.3, 0.4) is 0 Å². The summed E-state index contributed by atoms with van der Waals surface area (Å²) in [6.45, 7) is 0. The topological polar surface area (TPSA) is 58.6 Å². The Labute approximate surface area is 173 Å². The number of carbonyl (C=O) groups is 2. The monoisotopic (exact) mass is 404 g/mol. The van der Waals surface area contributed by atoms with E-state index in [-0.39, 0.29) is 17.2 Å². The zero-order valence-corrected chi connectivity index (χ0v) is 16.7. The number of methoxy groups -OCH3 is 1. The number of amides is 2. The van der Waals surface area contributed by atoms with Gasteiger partial charge in [-0.3, -0.25) is 14.5 Å². The van der Waals surface area contributed by atoms with Crippen molar-refractivity contribution in [1.29, 1.82) is 0 Å². The summed E-state index contributed by atoms with van der Waals surface area (Å²) in [5.41, 5.74) is 3.13. The van der Waals surface area contributed by atoms with Crippen molar-refractivity contribution in [2.75, 3.05) is 23.1 Å². The average Bonchev–Trinajstić information content (AvgIpc) is 3.16. The van der Waals surface area contributed by atoms with Gasteiger partial charge in [0.1, 0.15) is 11.1 Å². The van der Waals surface area contributed by atoms with Crippen molar-refractivity contribution in [2.24, 2.45) is 0 Å². The summed E-state index contributed by atoms with van der Waals surface area (Å²) in [4.78, 5) is 26.7. The van der Waals surface area contributed by atoms with Crippen LogP contribution >= 0.6 is 11.8 Å². The lowest BCUT2D eigenvalue weighted by Crippen LogP contribution is -2.27. The maximum Gasteiger partial charge on any atom is 0.255 e. The highest BCUT2D eigenvalue weighted by Crippen LogP contribution is 2.41. The van der Waals surface area contributed by atoms with E-state index >= 15 is 0 Å². The van der Waals surface area contributed by atoms with Crippen molar-refractivity contribution in [3.8, 4) is 5.75 Å². The molecular weight excluding hydrogens is 384 g/mol. The molecule has 0 aromatic heterocycles. The van der Waals surface area contributed by atoms with Crippen molar-refractivity contribution in [3.05, 3.63) is 90.0 Å². The fraction of sp³-hybridized carbons (Fsp3) is 0.130. The van der Waals surface area contributed by atoms with Crippen LogP contribution in [-0.2, 0) is 4.79 Å². The summed E-state index contributed by atoms with van der Waals surface area (Å²) in [5, 5.41) is 2.82.